The first kappa shape index (κ1) is 20.7. The molecule has 0 aromatic carbocycles. The predicted molar refractivity (Wildman–Crippen MR) is 98.0 cm³/mol. The number of hydrogen-bond acceptors (Lipinski definition) is 1. The molecule has 0 aliphatic rings. The Morgan fingerprint density at radius 3 is 2.17 bits per heavy atom. The summed E-state index contributed by atoms with van der Waals surface area (Å²) in [4.78, 5) is 10.6. The highest BCUT2D eigenvalue weighted by atomic mass is 16.4. The summed E-state index contributed by atoms with van der Waals surface area (Å²) in [6.45, 7) is 3.07. The fourth-order valence-electron chi connectivity index (χ4n) is 3.25. The van der Waals surface area contributed by atoms with Gasteiger partial charge in [0.05, 0.1) is 13.6 Å². The first-order chi connectivity index (χ1) is 11.6. The third-order valence-corrected chi connectivity index (χ3v) is 4.75. The molecular weight excluding hydrogens is 300 g/mol. The van der Waals surface area contributed by atoms with Gasteiger partial charge in [-0.15, -0.1) is 0 Å². The van der Waals surface area contributed by atoms with E-state index in [0.717, 1.165) is 13.0 Å². The van der Waals surface area contributed by atoms with E-state index in [-0.39, 0.29) is 6.42 Å². The van der Waals surface area contributed by atoms with Crippen molar-refractivity contribution in [3.63, 3.8) is 0 Å². The molecule has 0 radical (unpaired) electrons. The van der Waals surface area contributed by atoms with Gasteiger partial charge in [0.1, 0.15) is 12.4 Å². The molecule has 4 heteroatoms. The molecule has 1 aromatic heterocycles. The number of hydrogen-bond donors (Lipinski definition) is 1. The average molecular weight is 338 g/mol. The SMILES string of the molecule is CCCCCCCCCCCCc1n(CCCC(=O)O)cc[n+]1C. The molecule has 24 heavy (non-hydrogen) atoms. The lowest BCUT2D eigenvalue weighted by Gasteiger charge is -2.04. The fraction of sp³-hybridized carbons (Fsp3) is 0.800. The summed E-state index contributed by atoms with van der Waals surface area (Å²) in [6.07, 6.45) is 19.8. The van der Waals surface area contributed by atoms with Crippen molar-refractivity contribution in [1.29, 1.82) is 0 Å². The zero-order chi connectivity index (χ0) is 17.6. The van der Waals surface area contributed by atoms with Crippen LogP contribution in [-0.4, -0.2) is 15.6 Å². The molecule has 0 saturated carbocycles. The normalized spacial score (nSPS) is 11.1. The van der Waals surface area contributed by atoms with Crippen molar-refractivity contribution in [3.8, 4) is 0 Å². The van der Waals surface area contributed by atoms with E-state index in [9.17, 15) is 4.79 Å². The van der Waals surface area contributed by atoms with Gasteiger partial charge in [-0.1, -0.05) is 64.7 Å². The number of imidazole rings is 1. The monoisotopic (exact) mass is 337 g/mol. The summed E-state index contributed by atoms with van der Waals surface area (Å²) >= 11 is 0. The minimum atomic E-state index is -0.706. The molecule has 1 N–H and O–H groups in total. The van der Waals surface area contributed by atoms with E-state index in [2.05, 4.69) is 35.5 Å². The van der Waals surface area contributed by atoms with Gasteiger partial charge in [-0.2, -0.15) is 0 Å². The largest absolute Gasteiger partial charge is 0.481 e. The minimum Gasteiger partial charge on any atom is -0.481 e. The summed E-state index contributed by atoms with van der Waals surface area (Å²) in [5.41, 5.74) is 0. The van der Waals surface area contributed by atoms with Crippen LogP contribution in [0.5, 0.6) is 0 Å². The zero-order valence-electron chi connectivity index (χ0n) is 15.8. The third-order valence-electron chi connectivity index (χ3n) is 4.75. The third kappa shape index (κ3) is 9.09. The summed E-state index contributed by atoms with van der Waals surface area (Å²) < 4.78 is 4.39. The summed E-state index contributed by atoms with van der Waals surface area (Å²) in [6, 6.07) is 0. The second-order valence-electron chi connectivity index (χ2n) is 6.95. The van der Waals surface area contributed by atoms with Gasteiger partial charge >= 0.3 is 5.97 Å². The average Bonchev–Trinajstić information content (AvgIpc) is 2.89. The molecule has 0 spiro atoms. The van der Waals surface area contributed by atoms with Crippen molar-refractivity contribution < 1.29 is 14.5 Å². The molecule has 138 valence electrons. The number of aliphatic carboxylic acids is 1. The molecule has 1 heterocycles. The number of carbonyl (C=O) groups is 1. The van der Waals surface area contributed by atoms with Crippen molar-refractivity contribution in [2.75, 3.05) is 0 Å². The van der Waals surface area contributed by atoms with E-state index >= 15 is 0 Å². The molecule has 0 aliphatic carbocycles. The number of aromatic nitrogens is 2. The Hall–Kier alpha value is -1.32. The Kier molecular flexibility index (Phi) is 11.2. The van der Waals surface area contributed by atoms with Crippen molar-refractivity contribution in [2.24, 2.45) is 7.05 Å². The number of carboxylic acids is 1. The van der Waals surface area contributed by atoms with Crippen LogP contribution >= 0.6 is 0 Å². The lowest BCUT2D eigenvalue weighted by Crippen LogP contribution is -2.32. The van der Waals surface area contributed by atoms with Crippen LogP contribution in [0.2, 0.25) is 0 Å². The lowest BCUT2D eigenvalue weighted by molar-refractivity contribution is -0.678. The highest BCUT2D eigenvalue weighted by molar-refractivity contribution is 5.66. The van der Waals surface area contributed by atoms with Gasteiger partial charge < -0.3 is 5.11 Å². The molecule has 0 unspecified atom stereocenters. The second kappa shape index (κ2) is 13.0. The standard InChI is InChI=1S/C20H36N2O2/c1-3-4-5-6-7-8-9-10-11-12-14-19-21(2)17-18-22(19)16-13-15-20(23)24/h17-18H,3-16H2,1-2H3/p+1. The molecular formula is C20H37N2O2+. The topological polar surface area (TPSA) is 46.1 Å². The summed E-state index contributed by atoms with van der Waals surface area (Å²) in [5.74, 6) is 0.614. The molecule has 1 aromatic rings. The van der Waals surface area contributed by atoms with Gasteiger partial charge in [0, 0.05) is 12.8 Å². The first-order valence-electron chi connectivity index (χ1n) is 9.90. The lowest BCUT2D eigenvalue weighted by atomic mass is 10.1. The Balaban J connectivity index is 2.12. The number of rotatable bonds is 15. The molecule has 0 aliphatic heterocycles. The number of nitrogens with zero attached hydrogens (tertiary/aromatic N) is 2. The molecule has 0 saturated heterocycles. The Labute approximate surface area is 147 Å². The second-order valence-corrected chi connectivity index (χ2v) is 6.95. The predicted octanol–water partition coefficient (Wildman–Crippen LogP) is 4.64. The maximum absolute atomic E-state index is 10.6. The van der Waals surface area contributed by atoms with Crippen molar-refractivity contribution in [2.45, 2.75) is 96.9 Å². The molecule has 1 rings (SSSR count). The quantitative estimate of drug-likeness (QED) is 0.374. The van der Waals surface area contributed by atoms with Crippen LogP contribution in [0.15, 0.2) is 12.4 Å². The van der Waals surface area contributed by atoms with Gasteiger partial charge in [-0.05, 0) is 12.8 Å². The van der Waals surface area contributed by atoms with E-state index < -0.39 is 5.97 Å². The van der Waals surface area contributed by atoms with Gasteiger partial charge in [0.25, 0.3) is 5.82 Å². The van der Waals surface area contributed by atoms with Crippen molar-refractivity contribution >= 4 is 5.97 Å². The fourth-order valence-corrected chi connectivity index (χ4v) is 3.25. The molecule has 0 atom stereocenters. The van der Waals surface area contributed by atoms with E-state index in [1.807, 2.05) is 0 Å². The van der Waals surface area contributed by atoms with Crippen LogP contribution in [0.25, 0.3) is 0 Å². The molecule has 0 amide bonds. The minimum absolute atomic E-state index is 0.250. The number of carboxylic acid groups (broad SMARTS) is 1. The number of unbranched alkanes of at least 4 members (excludes halogenated alkanes) is 9. The van der Waals surface area contributed by atoms with Crippen LogP contribution in [0, 0.1) is 0 Å². The van der Waals surface area contributed by atoms with Gasteiger partial charge in [-0.25, -0.2) is 9.13 Å². The van der Waals surface area contributed by atoms with Crippen LogP contribution in [0.1, 0.15) is 89.8 Å². The van der Waals surface area contributed by atoms with E-state index in [1.54, 1.807) is 0 Å². The first-order valence-corrected chi connectivity index (χ1v) is 9.90. The van der Waals surface area contributed by atoms with Crippen LogP contribution in [0.4, 0.5) is 0 Å². The Morgan fingerprint density at radius 1 is 1.00 bits per heavy atom. The highest BCUT2D eigenvalue weighted by Crippen LogP contribution is 2.12. The van der Waals surface area contributed by atoms with Crippen LogP contribution < -0.4 is 4.57 Å². The maximum Gasteiger partial charge on any atom is 0.303 e. The smallest absolute Gasteiger partial charge is 0.303 e. The van der Waals surface area contributed by atoms with Crippen molar-refractivity contribution in [3.05, 3.63) is 18.2 Å². The van der Waals surface area contributed by atoms with E-state index in [4.69, 9.17) is 5.11 Å². The summed E-state index contributed by atoms with van der Waals surface area (Å²) in [5, 5.41) is 8.76. The van der Waals surface area contributed by atoms with E-state index in [0.29, 0.717) is 6.42 Å². The molecule has 0 fully saturated rings. The van der Waals surface area contributed by atoms with Crippen molar-refractivity contribution in [1.82, 2.24) is 4.57 Å². The maximum atomic E-state index is 10.6. The van der Waals surface area contributed by atoms with Crippen LogP contribution in [0.3, 0.4) is 0 Å². The highest BCUT2D eigenvalue weighted by Gasteiger charge is 2.14. The van der Waals surface area contributed by atoms with Crippen LogP contribution in [-0.2, 0) is 24.8 Å². The molecule has 0 bridgehead atoms. The Bertz CT molecular complexity index is 454. The Morgan fingerprint density at radius 2 is 1.58 bits per heavy atom. The summed E-state index contributed by atoms with van der Waals surface area (Å²) in [7, 11) is 2.08. The zero-order valence-corrected chi connectivity index (χ0v) is 15.8. The van der Waals surface area contributed by atoms with Gasteiger partial charge in [0.2, 0.25) is 0 Å². The van der Waals surface area contributed by atoms with Gasteiger partial charge in [0.15, 0.2) is 0 Å². The van der Waals surface area contributed by atoms with E-state index in [1.165, 1.54) is 70.0 Å². The molecule has 4 nitrogen and oxygen atoms in total. The van der Waals surface area contributed by atoms with Gasteiger partial charge in [-0.3, -0.25) is 4.79 Å². The number of aryl methyl sites for hydroxylation is 2.